The van der Waals surface area contributed by atoms with Crippen LogP contribution in [-0.4, -0.2) is 33.8 Å². The first-order chi connectivity index (χ1) is 10.7. The second-order valence-electron chi connectivity index (χ2n) is 4.98. The number of nitrogens with zero attached hydrogens (tertiary/aromatic N) is 4. The van der Waals surface area contributed by atoms with E-state index in [0.29, 0.717) is 6.54 Å². The maximum Gasteiger partial charge on any atom is 0.191 e. The molecule has 0 aliphatic heterocycles. The van der Waals surface area contributed by atoms with Crippen LogP contribution in [0.25, 0.3) is 0 Å². The Balaban J connectivity index is 0.00000264. The maximum absolute atomic E-state index is 4.58. The largest absolute Gasteiger partial charge is 0.357 e. The number of halogens is 1. The lowest BCUT2D eigenvalue weighted by Gasteiger charge is -2.10. The number of rotatable bonds is 7. The fraction of sp³-hybridized carbons (Fsp3) is 0.533. The van der Waals surface area contributed by atoms with Crippen molar-refractivity contribution in [2.24, 2.45) is 4.99 Å². The van der Waals surface area contributed by atoms with Crippen molar-refractivity contribution in [1.82, 2.24) is 25.4 Å². The highest BCUT2D eigenvalue weighted by atomic mass is 127. The second kappa shape index (κ2) is 10.6. The molecule has 0 saturated heterocycles. The van der Waals surface area contributed by atoms with Crippen molar-refractivity contribution >= 4 is 41.3 Å². The predicted octanol–water partition coefficient (Wildman–Crippen LogP) is 2.58. The quantitative estimate of drug-likeness (QED) is 0.388. The first-order valence-corrected chi connectivity index (χ1v) is 8.47. The van der Waals surface area contributed by atoms with E-state index in [0.717, 1.165) is 37.0 Å². The second-order valence-corrected chi connectivity index (χ2v) is 6.18. The van der Waals surface area contributed by atoms with E-state index in [2.05, 4.69) is 39.6 Å². The molecule has 2 aromatic rings. The highest BCUT2D eigenvalue weighted by Gasteiger charge is 2.02. The van der Waals surface area contributed by atoms with Gasteiger partial charge in [0.1, 0.15) is 5.01 Å². The van der Waals surface area contributed by atoms with Gasteiger partial charge in [0, 0.05) is 30.4 Å². The molecule has 8 heteroatoms. The van der Waals surface area contributed by atoms with Crippen molar-refractivity contribution in [2.45, 2.75) is 40.3 Å². The minimum absolute atomic E-state index is 0. The summed E-state index contributed by atoms with van der Waals surface area (Å²) in [6.45, 7) is 9.29. The van der Waals surface area contributed by atoms with Crippen LogP contribution in [0.4, 0.5) is 0 Å². The molecule has 0 spiro atoms. The van der Waals surface area contributed by atoms with Gasteiger partial charge in [0.15, 0.2) is 5.96 Å². The fourth-order valence-electron chi connectivity index (χ4n) is 1.95. The highest BCUT2D eigenvalue weighted by molar-refractivity contribution is 14.0. The van der Waals surface area contributed by atoms with E-state index >= 15 is 0 Å². The standard InChI is InChI=1S/C15H24N6S.HI/c1-4-13-9-18-14(22-13)10-19-15(16-5-2)17-6-7-21-11-12(3)8-20-21;/h8-9,11H,4-7,10H2,1-3H3,(H2,16,17,19);1H. The van der Waals surface area contributed by atoms with E-state index in [1.54, 1.807) is 11.3 Å². The van der Waals surface area contributed by atoms with Gasteiger partial charge in [-0.2, -0.15) is 5.10 Å². The third-order valence-electron chi connectivity index (χ3n) is 3.06. The molecule has 23 heavy (non-hydrogen) atoms. The Morgan fingerprint density at radius 1 is 1.30 bits per heavy atom. The van der Waals surface area contributed by atoms with Gasteiger partial charge < -0.3 is 10.6 Å². The van der Waals surface area contributed by atoms with Gasteiger partial charge in [0.25, 0.3) is 0 Å². The first-order valence-electron chi connectivity index (χ1n) is 7.66. The van der Waals surface area contributed by atoms with Crippen LogP contribution in [0.2, 0.25) is 0 Å². The minimum atomic E-state index is 0. The zero-order valence-corrected chi connectivity index (χ0v) is 17.0. The Kier molecular flexibility index (Phi) is 9.15. The molecule has 0 amide bonds. The molecule has 0 aliphatic rings. The zero-order valence-electron chi connectivity index (χ0n) is 13.9. The van der Waals surface area contributed by atoms with E-state index in [1.165, 1.54) is 10.4 Å². The Labute approximate surface area is 158 Å². The van der Waals surface area contributed by atoms with E-state index in [9.17, 15) is 0 Å². The van der Waals surface area contributed by atoms with Gasteiger partial charge in [-0.15, -0.1) is 35.3 Å². The van der Waals surface area contributed by atoms with Gasteiger partial charge in [-0.05, 0) is 25.8 Å². The summed E-state index contributed by atoms with van der Waals surface area (Å²) in [5.74, 6) is 0.819. The van der Waals surface area contributed by atoms with Crippen molar-refractivity contribution in [3.63, 3.8) is 0 Å². The highest BCUT2D eigenvalue weighted by Crippen LogP contribution is 2.13. The molecule has 2 N–H and O–H groups in total. The van der Waals surface area contributed by atoms with Crippen molar-refractivity contribution in [3.05, 3.63) is 34.0 Å². The van der Waals surface area contributed by atoms with Crippen molar-refractivity contribution in [1.29, 1.82) is 0 Å². The molecular formula is C15H25IN6S. The number of nitrogens with one attached hydrogen (secondary N) is 2. The normalized spacial score (nSPS) is 11.2. The molecule has 0 aromatic carbocycles. The van der Waals surface area contributed by atoms with E-state index in [4.69, 9.17) is 0 Å². The lowest BCUT2D eigenvalue weighted by atomic mass is 10.4. The molecule has 128 valence electrons. The smallest absolute Gasteiger partial charge is 0.191 e. The average molecular weight is 448 g/mol. The molecule has 0 fully saturated rings. The maximum atomic E-state index is 4.58. The van der Waals surface area contributed by atoms with Crippen LogP contribution in [0.3, 0.4) is 0 Å². The first kappa shape index (κ1) is 19.9. The number of hydrogen-bond donors (Lipinski definition) is 2. The van der Waals surface area contributed by atoms with Crippen LogP contribution >= 0.6 is 35.3 Å². The summed E-state index contributed by atoms with van der Waals surface area (Å²) in [5.41, 5.74) is 1.18. The van der Waals surface area contributed by atoms with Gasteiger partial charge in [0.2, 0.25) is 0 Å². The molecule has 2 rings (SSSR count). The third-order valence-corrected chi connectivity index (χ3v) is 4.19. The Bertz CT molecular complexity index is 607. The zero-order chi connectivity index (χ0) is 15.8. The molecule has 0 unspecified atom stereocenters. The summed E-state index contributed by atoms with van der Waals surface area (Å²) in [6.07, 6.45) is 6.87. The lowest BCUT2D eigenvalue weighted by Crippen LogP contribution is -2.38. The molecular weight excluding hydrogens is 423 g/mol. The summed E-state index contributed by atoms with van der Waals surface area (Å²) in [7, 11) is 0. The Morgan fingerprint density at radius 2 is 2.13 bits per heavy atom. The van der Waals surface area contributed by atoms with Crippen LogP contribution in [0.15, 0.2) is 23.6 Å². The molecule has 0 bridgehead atoms. The molecule has 2 aromatic heterocycles. The summed E-state index contributed by atoms with van der Waals surface area (Å²) >= 11 is 1.73. The fourth-order valence-corrected chi connectivity index (χ4v) is 2.74. The van der Waals surface area contributed by atoms with Crippen molar-refractivity contribution in [2.75, 3.05) is 13.1 Å². The Morgan fingerprint density at radius 3 is 2.74 bits per heavy atom. The molecule has 0 aliphatic carbocycles. The monoisotopic (exact) mass is 448 g/mol. The SMILES string of the molecule is CCNC(=NCc1ncc(CC)s1)NCCn1cc(C)cn1.I. The van der Waals surface area contributed by atoms with E-state index in [-0.39, 0.29) is 24.0 Å². The van der Waals surface area contributed by atoms with Crippen LogP contribution in [0.5, 0.6) is 0 Å². The van der Waals surface area contributed by atoms with Gasteiger partial charge in [-0.1, -0.05) is 6.92 Å². The number of aryl methyl sites for hydroxylation is 2. The summed E-state index contributed by atoms with van der Waals surface area (Å²) in [6, 6.07) is 0. The topological polar surface area (TPSA) is 67.1 Å². The number of aromatic nitrogens is 3. The number of aliphatic imine (C=N–C) groups is 1. The number of thiazole rings is 1. The predicted molar refractivity (Wildman–Crippen MR) is 107 cm³/mol. The number of hydrogen-bond acceptors (Lipinski definition) is 4. The van der Waals surface area contributed by atoms with Crippen LogP contribution in [0.1, 0.15) is 29.3 Å². The van der Waals surface area contributed by atoms with Crippen molar-refractivity contribution in [3.8, 4) is 0 Å². The summed E-state index contributed by atoms with van der Waals surface area (Å²) in [4.78, 5) is 10.3. The molecule has 2 heterocycles. The summed E-state index contributed by atoms with van der Waals surface area (Å²) < 4.78 is 1.93. The van der Waals surface area contributed by atoms with Gasteiger partial charge in [-0.3, -0.25) is 4.68 Å². The molecule has 0 atom stereocenters. The van der Waals surface area contributed by atoms with E-state index in [1.807, 2.05) is 30.2 Å². The third kappa shape index (κ3) is 6.86. The summed E-state index contributed by atoms with van der Waals surface area (Å²) in [5, 5.41) is 11.9. The molecule has 0 saturated carbocycles. The average Bonchev–Trinajstić information content (AvgIpc) is 3.13. The molecule has 0 radical (unpaired) electrons. The van der Waals surface area contributed by atoms with Gasteiger partial charge >= 0.3 is 0 Å². The van der Waals surface area contributed by atoms with Gasteiger partial charge in [0.05, 0.1) is 19.3 Å². The van der Waals surface area contributed by atoms with E-state index < -0.39 is 0 Å². The lowest BCUT2D eigenvalue weighted by molar-refractivity contribution is 0.597. The Hall–Kier alpha value is -1.16. The minimum Gasteiger partial charge on any atom is -0.357 e. The number of guanidine groups is 1. The van der Waals surface area contributed by atoms with Crippen LogP contribution < -0.4 is 10.6 Å². The van der Waals surface area contributed by atoms with Gasteiger partial charge in [-0.25, -0.2) is 9.98 Å². The van der Waals surface area contributed by atoms with Crippen LogP contribution in [0, 0.1) is 6.92 Å². The molecule has 6 nitrogen and oxygen atoms in total. The van der Waals surface area contributed by atoms with Crippen LogP contribution in [-0.2, 0) is 19.5 Å². The van der Waals surface area contributed by atoms with Crippen molar-refractivity contribution < 1.29 is 0 Å².